The second kappa shape index (κ2) is 9.39. The number of benzene rings is 1. The maximum absolute atomic E-state index is 12.5. The molecule has 2 N–H and O–H groups in total. The van der Waals surface area contributed by atoms with Gasteiger partial charge in [0.25, 0.3) is 11.8 Å². The number of methoxy groups -OCH3 is 1. The highest BCUT2D eigenvalue weighted by Gasteiger charge is 2.19. The predicted octanol–water partition coefficient (Wildman–Crippen LogP) is 0.757. The van der Waals surface area contributed by atoms with Crippen LogP contribution in [0.4, 0.5) is 0 Å². The summed E-state index contributed by atoms with van der Waals surface area (Å²) in [6, 6.07) is 4.49. The average Bonchev–Trinajstić information content (AvgIpc) is 2.58. The van der Waals surface area contributed by atoms with Crippen molar-refractivity contribution in [2.45, 2.75) is 13.3 Å². The third-order valence-electron chi connectivity index (χ3n) is 3.16. The van der Waals surface area contributed by atoms with Crippen LogP contribution in [0.15, 0.2) is 18.2 Å². The van der Waals surface area contributed by atoms with Gasteiger partial charge in [-0.25, -0.2) is 0 Å². The Labute approximate surface area is 140 Å². The number of likely N-dealkylation sites (N-methyl/N-ethyl adjacent to an activating group) is 1. The molecular weight excluding hydrogens is 316 g/mol. The molecule has 1 aromatic carbocycles. The van der Waals surface area contributed by atoms with E-state index in [1.807, 2.05) is 6.92 Å². The van der Waals surface area contributed by atoms with Crippen molar-refractivity contribution in [3.8, 4) is 11.5 Å². The Bertz CT molecular complexity index is 602. The summed E-state index contributed by atoms with van der Waals surface area (Å²) in [5.74, 6) is -1.17. The lowest BCUT2D eigenvalue weighted by atomic mass is 10.1. The molecule has 0 aliphatic rings. The van der Waals surface area contributed by atoms with Crippen LogP contribution in [-0.4, -0.2) is 61.6 Å². The number of hydrogen-bond acceptors (Lipinski definition) is 5. The second-order valence-corrected chi connectivity index (χ2v) is 4.95. The fourth-order valence-corrected chi connectivity index (χ4v) is 2.00. The van der Waals surface area contributed by atoms with Crippen LogP contribution in [0.1, 0.15) is 23.7 Å². The maximum atomic E-state index is 12.5. The first-order chi connectivity index (χ1) is 11.4. The zero-order chi connectivity index (χ0) is 18.1. The van der Waals surface area contributed by atoms with E-state index in [2.05, 4.69) is 5.32 Å². The van der Waals surface area contributed by atoms with Crippen molar-refractivity contribution < 1.29 is 29.0 Å². The lowest BCUT2D eigenvalue weighted by molar-refractivity contribution is -0.137. The molecule has 0 saturated carbocycles. The van der Waals surface area contributed by atoms with Gasteiger partial charge in [-0.15, -0.1) is 0 Å². The lowest BCUT2D eigenvalue weighted by Gasteiger charge is -2.20. The summed E-state index contributed by atoms with van der Waals surface area (Å²) in [5.41, 5.74) is 0.286. The monoisotopic (exact) mass is 338 g/mol. The number of ether oxygens (including phenoxy) is 2. The normalized spacial score (nSPS) is 9.96. The van der Waals surface area contributed by atoms with E-state index in [9.17, 15) is 14.4 Å². The van der Waals surface area contributed by atoms with Gasteiger partial charge in [0.05, 0.1) is 7.11 Å². The van der Waals surface area contributed by atoms with Crippen LogP contribution < -0.4 is 14.8 Å². The van der Waals surface area contributed by atoms with E-state index < -0.39 is 11.9 Å². The maximum Gasteiger partial charge on any atom is 0.323 e. The topological polar surface area (TPSA) is 105 Å². The highest BCUT2D eigenvalue weighted by Crippen LogP contribution is 2.28. The van der Waals surface area contributed by atoms with Crippen LogP contribution in [0.3, 0.4) is 0 Å². The van der Waals surface area contributed by atoms with Crippen LogP contribution in [0.5, 0.6) is 11.5 Å². The van der Waals surface area contributed by atoms with Gasteiger partial charge >= 0.3 is 5.97 Å². The standard InChI is InChI=1S/C16H22N2O6/c1-4-7-18(9-15(20)21)16(22)11-5-6-12(13(8-11)23-3)24-10-14(19)17-2/h5-6,8H,4,7,9-10H2,1-3H3,(H,17,19)(H,20,21). The average molecular weight is 338 g/mol. The van der Waals surface area contributed by atoms with Gasteiger partial charge in [0.2, 0.25) is 0 Å². The number of nitrogens with zero attached hydrogens (tertiary/aromatic N) is 1. The zero-order valence-corrected chi connectivity index (χ0v) is 14.0. The molecule has 2 amide bonds. The van der Waals surface area contributed by atoms with Gasteiger partial charge in [-0.3, -0.25) is 14.4 Å². The number of aliphatic carboxylic acids is 1. The fourth-order valence-electron chi connectivity index (χ4n) is 2.00. The second-order valence-electron chi connectivity index (χ2n) is 4.95. The minimum atomic E-state index is -1.07. The van der Waals surface area contributed by atoms with Gasteiger partial charge in [0.1, 0.15) is 6.54 Å². The molecule has 132 valence electrons. The largest absolute Gasteiger partial charge is 0.493 e. The molecule has 0 aromatic heterocycles. The van der Waals surface area contributed by atoms with Crippen LogP contribution >= 0.6 is 0 Å². The number of carboxylic acid groups (broad SMARTS) is 1. The quantitative estimate of drug-likeness (QED) is 0.689. The molecule has 0 fully saturated rings. The van der Waals surface area contributed by atoms with E-state index in [4.69, 9.17) is 14.6 Å². The first-order valence-electron chi connectivity index (χ1n) is 7.45. The van der Waals surface area contributed by atoms with E-state index in [1.54, 1.807) is 0 Å². The van der Waals surface area contributed by atoms with E-state index in [-0.39, 0.29) is 30.4 Å². The highest BCUT2D eigenvalue weighted by atomic mass is 16.5. The van der Waals surface area contributed by atoms with Crippen molar-refractivity contribution in [1.29, 1.82) is 0 Å². The Hall–Kier alpha value is -2.77. The number of nitrogens with one attached hydrogen (secondary N) is 1. The number of amides is 2. The Morgan fingerprint density at radius 3 is 2.50 bits per heavy atom. The number of carboxylic acids is 1. The van der Waals surface area contributed by atoms with Crippen LogP contribution in [0.25, 0.3) is 0 Å². The molecule has 1 rings (SSSR count). The van der Waals surface area contributed by atoms with Gasteiger partial charge < -0.3 is 24.8 Å². The van der Waals surface area contributed by atoms with E-state index >= 15 is 0 Å². The minimum Gasteiger partial charge on any atom is -0.493 e. The van der Waals surface area contributed by atoms with E-state index in [0.717, 1.165) is 0 Å². The summed E-state index contributed by atoms with van der Waals surface area (Å²) in [7, 11) is 2.91. The molecule has 0 bridgehead atoms. The molecule has 8 nitrogen and oxygen atoms in total. The van der Waals surface area contributed by atoms with Gasteiger partial charge in [0, 0.05) is 19.2 Å². The third kappa shape index (κ3) is 5.45. The Balaban J connectivity index is 2.97. The summed E-state index contributed by atoms with van der Waals surface area (Å²) in [6.07, 6.45) is 0.642. The van der Waals surface area contributed by atoms with E-state index in [0.29, 0.717) is 18.7 Å². The predicted molar refractivity (Wildman–Crippen MR) is 86.4 cm³/mol. The van der Waals surface area contributed by atoms with E-state index in [1.165, 1.54) is 37.3 Å². The molecule has 8 heteroatoms. The van der Waals surface area contributed by atoms with Crippen LogP contribution in [0.2, 0.25) is 0 Å². The molecule has 0 aliphatic carbocycles. The molecular formula is C16H22N2O6. The molecule has 0 heterocycles. The van der Waals surface area contributed by atoms with Gasteiger partial charge in [0.15, 0.2) is 18.1 Å². The smallest absolute Gasteiger partial charge is 0.323 e. The Morgan fingerprint density at radius 1 is 1.25 bits per heavy atom. The number of rotatable bonds is 9. The zero-order valence-electron chi connectivity index (χ0n) is 14.0. The van der Waals surface area contributed by atoms with Gasteiger partial charge in [-0.05, 0) is 24.6 Å². The summed E-state index contributed by atoms with van der Waals surface area (Å²) in [5, 5.41) is 11.3. The van der Waals surface area contributed by atoms with Crippen molar-refractivity contribution in [2.24, 2.45) is 0 Å². The summed E-state index contributed by atoms with van der Waals surface area (Å²) in [6.45, 7) is 1.64. The van der Waals surface area contributed by atoms with Gasteiger partial charge in [-0.1, -0.05) is 6.92 Å². The molecule has 0 atom stereocenters. The number of carbonyl (C=O) groups is 3. The molecule has 0 aliphatic heterocycles. The minimum absolute atomic E-state index is 0.179. The third-order valence-corrected chi connectivity index (χ3v) is 3.16. The Kier molecular flexibility index (Phi) is 7.54. The molecule has 0 radical (unpaired) electrons. The van der Waals surface area contributed by atoms with Crippen molar-refractivity contribution in [2.75, 3.05) is 33.9 Å². The molecule has 0 spiro atoms. The molecule has 1 aromatic rings. The summed E-state index contributed by atoms with van der Waals surface area (Å²) in [4.78, 5) is 35.8. The van der Waals surface area contributed by atoms with Crippen molar-refractivity contribution >= 4 is 17.8 Å². The summed E-state index contributed by atoms with van der Waals surface area (Å²) >= 11 is 0. The number of carbonyl (C=O) groups excluding carboxylic acids is 2. The fraction of sp³-hybridized carbons (Fsp3) is 0.438. The van der Waals surface area contributed by atoms with Gasteiger partial charge in [-0.2, -0.15) is 0 Å². The molecule has 0 saturated heterocycles. The van der Waals surface area contributed by atoms with Crippen LogP contribution in [0, 0.1) is 0 Å². The highest BCUT2D eigenvalue weighted by molar-refractivity contribution is 5.96. The first kappa shape index (κ1) is 19.3. The number of hydrogen-bond donors (Lipinski definition) is 2. The Morgan fingerprint density at radius 2 is 1.96 bits per heavy atom. The lowest BCUT2D eigenvalue weighted by Crippen LogP contribution is -2.36. The molecule has 24 heavy (non-hydrogen) atoms. The van der Waals surface area contributed by atoms with Crippen LogP contribution in [-0.2, 0) is 9.59 Å². The van der Waals surface area contributed by atoms with Crippen molar-refractivity contribution in [1.82, 2.24) is 10.2 Å². The SMILES string of the molecule is CCCN(CC(=O)O)C(=O)c1ccc(OCC(=O)NC)c(OC)c1. The molecule has 0 unspecified atom stereocenters. The van der Waals surface area contributed by atoms with Crippen molar-refractivity contribution in [3.05, 3.63) is 23.8 Å². The first-order valence-corrected chi connectivity index (χ1v) is 7.45. The summed E-state index contributed by atoms with van der Waals surface area (Å²) < 4.78 is 10.5. The van der Waals surface area contributed by atoms with Crippen molar-refractivity contribution in [3.63, 3.8) is 0 Å².